The van der Waals surface area contributed by atoms with Crippen LogP contribution in [0.4, 0.5) is 13.2 Å². The maximum Gasteiger partial charge on any atom is 0.416 e. The number of carbonyl (C=O) groups excluding carboxylic acids is 2. The van der Waals surface area contributed by atoms with E-state index in [1.165, 1.54) is 18.6 Å². The first-order chi connectivity index (χ1) is 17.3. The molecule has 1 aliphatic heterocycles. The minimum atomic E-state index is -4.44. The van der Waals surface area contributed by atoms with Gasteiger partial charge in [-0.05, 0) is 74.3 Å². The summed E-state index contributed by atoms with van der Waals surface area (Å²) in [5.41, 5.74) is 3.11. The molecule has 0 amide bonds. The van der Waals surface area contributed by atoms with E-state index < -0.39 is 11.7 Å². The van der Waals surface area contributed by atoms with Gasteiger partial charge in [0.05, 0.1) is 5.56 Å². The van der Waals surface area contributed by atoms with Gasteiger partial charge >= 0.3 is 6.18 Å². The van der Waals surface area contributed by atoms with Crippen molar-refractivity contribution in [1.82, 2.24) is 5.32 Å². The maximum atomic E-state index is 14.2. The molecule has 1 atom stereocenters. The van der Waals surface area contributed by atoms with Crippen LogP contribution in [0.3, 0.4) is 0 Å². The Balaban J connectivity index is 1.46. The van der Waals surface area contributed by atoms with Crippen LogP contribution in [-0.4, -0.2) is 11.6 Å². The van der Waals surface area contributed by atoms with Crippen LogP contribution < -0.4 is 5.32 Å². The van der Waals surface area contributed by atoms with Gasteiger partial charge in [0.15, 0.2) is 11.6 Å². The van der Waals surface area contributed by atoms with E-state index in [0.717, 1.165) is 99.7 Å². The Morgan fingerprint density at radius 2 is 1.53 bits per heavy atom. The average molecular weight is 498 g/mol. The second kappa shape index (κ2) is 8.88. The van der Waals surface area contributed by atoms with Crippen molar-refractivity contribution in [2.75, 3.05) is 0 Å². The molecule has 1 N–H and O–H groups in total. The number of benzene rings is 1. The van der Waals surface area contributed by atoms with Crippen molar-refractivity contribution < 1.29 is 22.8 Å². The topological polar surface area (TPSA) is 46.2 Å². The summed E-state index contributed by atoms with van der Waals surface area (Å²) in [5, 5.41) is 3.68. The van der Waals surface area contributed by atoms with Crippen LogP contribution >= 0.6 is 0 Å². The van der Waals surface area contributed by atoms with Crippen LogP contribution in [0.2, 0.25) is 0 Å². The molecule has 4 aliphatic carbocycles. The van der Waals surface area contributed by atoms with Crippen LogP contribution in [0.1, 0.15) is 99.4 Å². The van der Waals surface area contributed by atoms with Crippen molar-refractivity contribution in [3.8, 4) is 0 Å². The van der Waals surface area contributed by atoms with Crippen molar-refractivity contribution >= 4 is 11.6 Å². The molecule has 0 saturated heterocycles. The average Bonchev–Trinajstić information content (AvgIpc) is 3.55. The van der Waals surface area contributed by atoms with Crippen LogP contribution in [0, 0.1) is 23.2 Å². The third-order valence-corrected chi connectivity index (χ3v) is 9.68. The fourth-order valence-corrected chi connectivity index (χ4v) is 7.71. The molecular formula is C30H34F3NO2. The minimum absolute atomic E-state index is 0.0822. The number of dihydropyridines is 1. The van der Waals surface area contributed by atoms with E-state index in [4.69, 9.17) is 0 Å². The molecule has 6 rings (SSSR count). The summed E-state index contributed by atoms with van der Waals surface area (Å²) in [6.07, 6.45) is 8.75. The molecule has 1 heterocycles. The predicted molar refractivity (Wildman–Crippen MR) is 131 cm³/mol. The van der Waals surface area contributed by atoms with E-state index in [1.807, 2.05) is 0 Å². The molecule has 3 saturated carbocycles. The van der Waals surface area contributed by atoms with Gasteiger partial charge in [-0.25, -0.2) is 0 Å². The zero-order chi connectivity index (χ0) is 25.1. The van der Waals surface area contributed by atoms with E-state index in [0.29, 0.717) is 12.0 Å². The summed E-state index contributed by atoms with van der Waals surface area (Å²) in [7, 11) is 0. The first-order valence-electron chi connectivity index (χ1n) is 13.8. The van der Waals surface area contributed by atoms with E-state index >= 15 is 0 Å². The van der Waals surface area contributed by atoms with Gasteiger partial charge in [-0.2, -0.15) is 13.2 Å². The van der Waals surface area contributed by atoms with Gasteiger partial charge < -0.3 is 5.32 Å². The second-order valence-electron chi connectivity index (χ2n) is 11.9. The van der Waals surface area contributed by atoms with Crippen LogP contribution in [-0.2, 0) is 11.0 Å². The van der Waals surface area contributed by atoms with E-state index in [-0.39, 0.29) is 40.3 Å². The summed E-state index contributed by atoms with van der Waals surface area (Å²) in [5.74, 6) is 0.216. The standard InChI is InChI=1S/C30H34F3NO2/c31-30(32,33)21-12-10-20(11-13-21)28(36)26-24(18-6-1-2-7-18)25-22(34-27(26)19-8-3-4-9-19)16-29(14-5-15-29)17-23(25)35/h10-13,18-19,24,34H,1-9,14-17H2. The highest BCUT2D eigenvalue weighted by Crippen LogP contribution is 2.56. The van der Waals surface area contributed by atoms with Gasteiger partial charge in [0.2, 0.25) is 0 Å². The Kier molecular flexibility index (Phi) is 5.92. The SMILES string of the molecule is O=C1CC2(CCC2)CC2=C1C(C1CCCC1)C(C(=O)c1ccc(C(F)(F)F)cc1)=C(C1CCCC1)N2. The molecule has 1 unspecified atom stereocenters. The van der Waals surface area contributed by atoms with Gasteiger partial charge in [0.1, 0.15) is 0 Å². The summed E-state index contributed by atoms with van der Waals surface area (Å²) < 4.78 is 39.6. The fourth-order valence-electron chi connectivity index (χ4n) is 7.71. The third-order valence-electron chi connectivity index (χ3n) is 9.68. The first kappa shape index (κ1) is 24.0. The number of Topliss-reactive ketones (excluding diaryl/α,β-unsaturated/α-hetero) is 2. The Hall–Kier alpha value is -2.37. The van der Waals surface area contributed by atoms with Crippen LogP contribution in [0.25, 0.3) is 0 Å². The van der Waals surface area contributed by atoms with Crippen LogP contribution in [0.15, 0.2) is 46.8 Å². The summed E-state index contributed by atoms with van der Waals surface area (Å²) in [6.45, 7) is 0. The van der Waals surface area contributed by atoms with Crippen molar-refractivity contribution in [1.29, 1.82) is 0 Å². The van der Waals surface area contributed by atoms with Gasteiger partial charge in [-0.3, -0.25) is 9.59 Å². The molecular weight excluding hydrogens is 463 g/mol. The van der Waals surface area contributed by atoms with Gasteiger partial charge in [0, 0.05) is 40.4 Å². The number of ketones is 2. The maximum absolute atomic E-state index is 14.2. The quantitative estimate of drug-likeness (QED) is 0.438. The molecule has 3 nitrogen and oxygen atoms in total. The summed E-state index contributed by atoms with van der Waals surface area (Å²) in [4.78, 5) is 27.9. The van der Waals surface area contributed by atoms with Gasteiger partial charge in [0.25, 0.3) is 0 Å². The first-order valence-corrected chi connectivity index (χ1v) is 13.8. The van der Waals surface area contributed by atoms with Gasteiger partial charge in [-0.15, -0.1) is 0 Å². The molecule has 5 aliphatic rings. The highest BCUT2D eigenvalue weighted by Gasteiger charge is 2.50. The number of hydrogen-bond acceptors (Lipinski definition) is 3. The minimum Gasteiger partial charge on any atom is -0.361 e. The highest BCUT2D eigenvalue weighted by molar-refractivity contribution is 6.12. The molecule has 1 spiro atoms. The lowest BCUT2D eigenvalue weighted by atomic mass is 9.57. The Morgan fingerprint density at radius 1 is 0.889 bits per heavy atom. The number of nitrogens with one attached hydrogen (secondary N) is 1. The molecule has 6 heteroatoms. The van der Waals surface area contributed by atoms with E-state index in [2.05, 4.69) is 5.32 Å². The van der Waals surface area contributed by atoms with Crippen molar-refractivity contribution in [2.24, 2.45) is 23.2 Å². The van der Waals surface area contributed by atoms with Crippen molar-refractivity contribution in [3.63, 3.8) is 0 Å². The molecule has 0 radical (unpaired) electrons. The van der Waals surface area contributed by atoms with E-state index in [9.17, 15) is 22.8 Å². The Morgan fingerprint density at radius 3 is 2.11 bits per heavy atom. The zero-order valence-electron chi connectivity index (χ0n) is 20.7. The Bertz CT molecular complexity index is 1130. The molecule has 1 aromatic carbocycles. The predicted octanol–water partition coefficient (Wildman–Crippen LogP) is 7.53. The summed E-state index contributed by atoms with van der Waals surface area (Å²) in [6, 6.07) is 4.62. The number of halogens is 3. The normalized spacial score (nSPS) is 26.9. The molecule has 1 aromatic rings. The monoisotopic (exact) mass is 497 g/mol. The smallest absolute Gasteiger partial charge is 0.361 e. The third kappa shape index (κ3) is 4.05. The fraction of sp³-hybridized carbons (Fsp3) is 0.600. The van der Waals surface area contributed by atoms with Crippen molar-refractivity contribution in [2.45, 2.75) is 89.6 Å². The number of rotatable bonds is 4. The lowest BCUT2D eigenvalue weighted by Gasteiger charge is -2.49. The molecule has 3 fully saturated rings. The van der Waals surface area contributed by atoms with Gasteiger partial charge in [-0.1, -0.05) is 44.2 Å². The molecule has 0 bridgehead atoms. The number of hydrogen-bond donors (Lipinski definition) is 1. The molecule has 36 heavy (non-hydrogen) atoms. The lowest BCUT2D eigenvalue weighted by Crippen LogP contribution is -2.46. The molecule has 0 aromatic heterocycles. The zero-order valence-corrected chi connectivity index (χ0v) is 20.7. The molecule has 192 valence electrons. The Labute approximate surface area is 210 Å². The summed E-state index contributed by atoms with van der Waals surface area (Å²) >= 11 is 0. The van der Waals surface area contributed by atoms with E-state index in [1.54, 1.807) is 0 Å². The number of allylic oxidation sites excluding steroid dienone is 4. The number of alkyl halides is 3. The van der Waals surface area contributed by atoms with Crippen molar-refractivity contribution in [3.05, 3.63) is 57.9 Å². The van der Waals surface area contributed by atoms with Crippen LogP contribution in [0.5, 0.6) is 0 Å². The number of carbonyl (C=O) groups is 2. The highest BCUT2D eigenvalue weighted by atomic mass is 19.4. The lowest BCUT2D eigenvalue weighted by molar-refractivity contribution is -0.137. The largest absolute Gasteiger partial charge is 0.416 e. The second-order valence-corrected chi connectivity index (χ2v) is 11.9.